The molecule has 0 aliphatic carbocycles. The molecule has 0 spiro atoms. The van der Waals surface area contributed by atoms with E-state index in [1.54, 1.807) is 19.2 Å². The zero-order chi connectivity index (χ0) is 18.4. The Bertz CT molecular complexity index is 763. The average molecular weight is 410 g/mol. The molecule has 0 atom stereocenters. The van der Waals surface area contributed by atoms with Gasteiger partial charge in [-0.05, 0) is 42.8 Å². The summed E-state index contributed by atoms with van der Waals surface area (Å²) in [6.45, 7) is 2.90. The van der Waals surface area contributed by atoms with Crippen LogP contribution >= 0.6 is 15.9 Å². The Balaban J connectivity index is 2.26. The summed E-state index contributed by atoms with van der Waals surface area (Å²) in [6.07, 6.45) is 0. The monoisotopic (exact) mass is 409 g/mol. The number of carboxylic acids is 1. The van der Waals surface area contributed by atoms with Crippen LogP contribution < -0.4 is 19.5 Å². The van der Waals surface area contributed by atoms with Gasteiger partial charge in [0.1, 0.15) is 5.75 Å². The van der Waals surface area contributed by atoms with Crippen molar-refractivity contribution in [2.24, 2.45) is 0 Å². The fourth-order valence-corrected chi connectivity index (χ4v) is 2.77. The first-order valence-corrected chi connectivity index (χ1v) is 8.43. The van der Waals surface area contributed by atoms with Gasteiger partial charge in [0.15, 0.2) is 11.5 Å². The van der Waals surface area contributed by atoms with E-state index in [1.165, 1.54) is 13.2 Å². The molecule has 0 saturated heterocycles. The standard InChI is InChI=1S/C18H20BrNO5/c1-4-25-17-9-13(19)12(8-16(17)24-3)10-20-14-7-11(18(21)22)5-6-15(14)23-2/h5-9,20H,4,10H2,1-3H3,(H,21,22). The number of benzene rings is 2. The molecule has 2 aromatic rings. The van der Waals surface area contributed by atoms with Gasteiger partial charge >= 0.3 is 5.97 Å². The number of nitrogens with one attached hydrogen (secondary N) is 1. The zero-order valence-corrected chi connectivity index (χ0v) is 15.8. The predicted molar refractivity (Wildman–Crippen MR) is 99.1 cm³/mol. The highest BCUT2D eigenvalue weighted by molar-refractivity contribution is 9.10. The van der Waals surface area contributed by atoms with Crippen LogP contribution in [0.15, 0.2) is 34.8 Å². The third-order valence-corrected chi connectivity index (χ3v) is 4.29. The van der Waals surface area contributed by atoms with Crippen molar-refractivity contribution in [3.05, 3.63) is 45.9 Å². The molecule has 0 saturated carbocycles. The highest BCUT2D eigenvalue weighted by atomic mass is 79.9. The molecular formula is C18H20BrNO5. The maximum Gasteiger partial charge on any atom is 0.335 e. The molecular weight excluding hydrogens is 390 g/mol. The minimum atomic E-state index is -0.991. The molecule has 0 fully saturated rings. The minimum absolute atomic E-state index is 0.187. The van der Waals surface area contributed by atoms with Crippen molar-refractivity contribution < 1.29 is 24.1 Å². The van der Waals surface area contributed by atoms with Gasteiger partial charge in [0.2, 0.25) is 0 Å². The van der Waals surface area contributed by atoms with Gasteiger partial charge in [-0.3, -0.25) is 0 Å². The Labute approximate surface area is 154 Å². The number of hydrogen-bond acceptors (Lipinski definition) is 5. The number of methoxy groups -OCH3 is 2. The number of halogens is 1. The molecule has 0 aromatic heterocycles. The molecule has 2 N–H and O–H groups in total. The van der Waals surface area contributed by atoms with Gasteiger partial charge in [-0.15, -0.1) is 0 Å². The lowest BCUT2D eigenvalue weighted by atomic mass is 10.1. The summed E-state index contributed by atoms with van der Waals surface area (Å²) in [5.41, 5.74) is 1.72. The summed E-state index contributed by atoms with van der Waals surface area (Å²) < 4.78 is 17.1. The lowest BCUT2D eigenvalue weighted by Crippen LogP contribution is -2.05. The summed E-state index contributed by atoms with van der Waals surface area (Å²) >= 11 is 3.53. The fourth-order valence-electron chi connectivity index (χ4n) is 2.31. The van der Waals surface area contributed by atoms with Crippen LogP contribution in [0.4, 0.5) is 5.69 Å². The number of carbonyl (C=O) groups is 1. The Morgan fingerprint density at radius 1 is 1.12 bits per heavy atom. The van der Waals surface area contributed by atoms with Crippen molar-refractivity contribution >= 4 is 27.6 Å². The number of aromatic carboxylic acids is 1. The number of carboxylic acid groups (broad SMARTS) is 1. The second-order valence-corrected chi connectivity index (χ2v) is 5.96. The maximum atomic E-state index is 11.2. The van der Waals surface area contributed by atoms with Crippen LogP contribution in [0.2, 0.25) is 0 Å². The Kier molecular flexibility index (Phi) is 6.52. The summed E-state index contributed by atoms with van der Waals surface area (Å²) in [5.74, 6) is 0.868. The molecule has 6 nitrogen and oxygen atoms in total. The normalized spacial score (nSPS) is 10.2. The first-order valence-electron chi connectivity index (χ1n) is 7.64. The van der Waals surface area contributed by atoms with Crippen molar-refractivity contribution in [3.63, 3.8) is 0 Å². The topological polar surface area (TPSA) is 77.0 Å². The van der Waals surface area contributed by atoms with Crippen molar-refractivity contribution in [3.8, 4) is 17.2 Å². The van der Waals surface area contributed by atoms with Crippen LogP contribution in [0.3, 0.4) is 0 Å². The number of rotatable bonds is 8. The van der Waals surface area contributed by atoms with Gasteiger partial charge in [0.05, 0.1) is 32.1 Å². The molecule has 0 aliphatic rings. The molecule has 0 unspecified atom stereocenters. The average Bonchev–Trinajstić information content (AvgIpc) is 2.61. The van der Waals surface area contributed by atoms with Gasteiger partial charge in [0, 0.05) is 11.0 Å². The van der Waals surface area contributed by atoms with E-state index in [2.05, 4.69) is 21.2 Å². The van der Waals surface area contributed by atoms with Crippen LogP contribution in [-0.2, 0) is 6.54 Å². The molecule has 0 aliphatic heterocycles. The molecule has 2 aromatic carbocycles. The smallest absolute Gasteiger partial charge is 0.335 e. The van der Waals surface area contributed by atoms with E-state index in [4.69, 9.17) is 19.3 Å². The number of hydrogen-bond donors (Lipinski definition) is 2. The van der Waals surface area contributed by atoms with Crippen LogP contribution in [0.25, 0.3) is 0 Å². The van der Waals surface area contributed by atoms with Crippen molar-refractivity contribution in [2.45, 2.75) is 13.5 Å². The molecule has 0 amide bonds. The first-order chi connectivity index (χ1) is 12.0. The van der Waals surface area contributed by atoms with Crippen LogP contribution in [0.5, 0.6) is 17.2 Å². The molecule has 0 radical (unpaired) electrons. The number of anilines is 1. The van der Waals surface area contributed by atoms with E-state index in [0.717, 1.165) is 10.0 Å². The molecule has 0 heterocycles. The molecule has 2 rings (SSSR count). The van der Waals surface area contributed by atoms with E-state index in [0.29, 0.717) is 36.1 Å². The van der Waals surface area contributed by atoms with E-state index in [1.807, 2.05) is 19.1 Å². The Morgan fingerprint density at radius 3 is 2.44 bits per heavy atom. The highest BCUT2D eigenvalue weighted by Gasteiger charge is 2.12. The summed E-state index contributed by atoms with van der Waals surface area (Å²) in [5, 5.41) is 12.3. The van der Waals surface area contributed by atoms with E-state index < -0.39 is 5.97 Å². The lowest BCUT2D eigenvalue weighted by Gasteiger charge is -2.15. The molecule has 25 heavy (non-hydrogen) atoms. The quantitative estimate of drug-likeness (QED) is 0.680. The van der Waals surface area contributed by atoms with Crippen molar-refractivity contribution in [1.82, 2.24) is 0 Å². The fraction of sp³-hybridized carbons (Fsp3) is 0.278. The summed E-state index contributed by atoms with van der Waals surface area (Å²) in [7, 11) is 3.12. The molecule has 7 heteroatoms. The van der Waals surface area contributed by atoms with Crippen LogP contribution in [0.1, 0.15) is 22.8 Å². The zero-order valence-electron chi connectivity index (χ0n) is 14.3. The first kappa shape index (κ1) is 18.9. The third-order valence-electron chi connectivity index (χ3n) is 3.55. The second-order valence-electron chi connectivity index (χ2n) is 5.10. The second kappa shape index (κ2) is 8.62. The van der Waals surface area contributed by atoms with E-state index >= 15 is 0 Å². The van der Waals surface area contributed by atoms with Gasteiger partial charge in [-0.1, -0.05) is 15.9 Å². The minimum Gasteiger partial charge on any atom is -0.495 e. The van der Waals surface area contributed by atoms with E-state index in [-0.39, 0.29) is 5.56 Å². The van der Waals surface area contributed by atoms with Gasteiger partial charge in [0.25, 0.3) is 0 Å². The molecule has 0 bridgehead atoms. The summed E-state index contributed by atoms with van der Waals surface area (Å²) in [6, 6.07) is 8.39. The SMILES string of the molecule is CCOc1cc(Br)c(CNc2cc(C(=O)O)ccc2OC)cc1OC. The predicted octanol–water partition coefficient (Wildman–Crippen LogP) is 4.18. The Hall–Kier alpha value is -2.41. The Morgan fingerprint density at radius 2 is 1.84 bits per heavy atom. The van der Waals surface area contributed by atoms with Crippen LogP contribution in [0, 0.1) is 0 Å². The van der Waals surface area contributed by atoms with Gasteiger partial charge in [-0.25, -0.2) is 4.79 Å². The van der Waals surface area contributed by atoms with E-state index in [9.17, 15) is 4.79 Å². The van der Waals surface area contributed by atoms with Crippen molar-refractivity contribution in [1.29, 1.82) is 0 Å². The van der Waals surface area contributed by atoms with Gasteiger partial charge < -0.3 is 24.6 Å². The summed E-state index contributed by atoms with van der Waals surface area (Å²) in [4.78, 5) is 11.2. The van der Waals surface area contributed by atoms with Crippen molar-refractivity contribution in [2.75, 3.05) is 26.1 Å². The molecule has 134 valence electrons. The lowest BCUT2D eigenvalue weighted by molar-refractivity contribution is 0.0697. The highest BCUT2D eigenvalue weighted by Crippen LogP contribution is 2.34. The largest absolute Gasteiger partial charge is 0.495 e. The van der Waals surface area contributed by atoms with Crippen LogP contribution in [-0.4, -0.2) is 31.9 Å². The maximum absolute atomic E-state index is 11.2. The van der Waals surface area contributed by atoms with Gasteiger partial charge in [-0.2, -0.15) is 0 Å². The number of ether oxygens (including phenoxy) is 3. The third kappa shape index (κ3) is 4.57.